The maximum absolute atomic E-state index is 13.0. The second-order valence-corrected chi connectivity index (χ2v) is 7.66. The van der Waals surface area contributed by atoms with E-state index in [0.717, 1.165) is 0 Å². The quantitative estimate of drug-likeness (QED) is 0.543. The average molecular weight is 365 g/mol. The number of hydrogen-bond acceptors (Lipinski definition) is 4. The number of rotatable bonds is 5. The van der Waals surface area contributed by atoms with E-state index in [2.05, 4.69) is 14.7 Å². The summed E-state index contributed by atoms with van der Waals surface area (Å²) in [5.41, 5.74) is -0.730. The van der Waals surface area contributed by atoms with E-state index in [1.807, 2.05) is 0 Å². The van der Waals surface area contributed by atoms with Crippen LogP contribution in [-0.4, -0.2) is 30.0 Å². The monoisotopic (exact) mass is 365 g/mol. The van der Waals surface area contributed by atoms with Gasteiger partial charge in [0.05, 0.1) is 15.9 Å². The molecule has 25 heavy (non-hydrogen) atoms. The fourth-order valence-electron chi connectivity index (χ4n) is 2.41. The summed E-state index contributed by atoms with van der Waals surface area (Å²) in [6.07, 6.45) is 0. The van der Waals surface area contributed by atoms with Crippen molar-refractivity contribution in [2.24, 2.45) is 0 Å². The Labute approximate surface area is 142 Å². The van der Waals surface area contributed by atoms with E-state index < -0.39 is 27.1 Å². The van der Waals surface area contributed by atoms with Gasteiger partial charge < -0.3 is 15.1 Å². The zero-order chi connectivity index (χ0) is 18.2. The summed E-state index contributed by atoms with van der Waals surface area (Å²) >= 11 is 0. The van der Waals surface area contributed by atoms with Crippen LogP contribution in [0.4, 0.5) is 4.39 Å². The molecule has 2 aromatic carbocycles. The highest BCUT2D eigenvalue weighted by Gasteiger charge is 2.26. The molecule has 1 aromatic heterocycles. The maximum atomic E-state index is 13.0. The second-order valence-electron chi connectivity index (χ2n) is 5.89. The third kappa shape index (κ3) is 3.63. The largest absolute Gasteiger partial charge is 0.384 e. The molecule has 0 aliphatic rings. The molecule has 0 aliphatic carbocycles. The molecule has 132 valence electrons. The normalized spacial score (nSPS) is 14.5. The van der Waals surface area contributed by atoms with E-state index in [4.69, 9.17) is 0 Å². The Hall–Kier alpha value is -2.49. The number of imidazole rings is 1. The van der Waals surface area contributed by atoms with Crippen molar-refractivity contribution in [2.45, 2.75) is 17.4 Å². The molecule has 0 fully saturated rings. The molecule has 0 saturated carbocycles. The van der Waals surface area contributed by atoms with Crippen molar-refractivity contribution in [3.63, 3.8) is 0 Å². The lowest BCUT2D eigenvalue weighted by molar-refractivity contribution is 0.0627. The van der Waals surface area contributed by atoms with Gasteiger partial charge in [0, 0.05) is 6.54 Å². The van der Waals surface area contributed by atoms with Gasteiger partial charge in [0.15, 0.2) is 0 Å². The third-order valence-corrected chi connectivity index (χ3v) is 5.27. The maximum Gasteiger partial charge on any atom is 0.323 e. The van der Waals surface area contributed by atoms with Crippen LogP contribution in [0.2, 0.25) is 0 Å². The summed E-state index contributed by atoms with van der Waals surface area (Å²) in [6.45, 7) is 1.12. The lowest BCUT2D eigenvalue weighted by Crippen LogP contribution is -2.38. The van der Waals surface area contributed by atoms with Crippen molar-refractivity contribution >= 4 is 21.1 Å². The van der Waals surface area contributed by atoms with Gasteiger partial charge in [0.1, 0.15) is 11.4 Å². The third-order valence-electron chi connectivity index (χ3n) is 3.87. The first-order valence-corrected chi connectivity index (χ1v) is 8.86. The predicted molar refractivity (Wildman–Crippen MR) is 90.1 cm³/mol. The van der Waals surface area contributed by atoms with Crippen LogP contribution >= 0.6 is 0 Å². The molecule has 3 rings (SSSR count). The molecule has 4 N–H and O–H groups in total. The van der Waals surface area contributed by atoms with Crippen LogP contribution in [0.3, 0.4) is 0 Å². The summed E-state index contributed by atoms with van der Waals surface area (Å²) in [5, 5.41) is 10.5. The molecule has 1 unspecified atom stereocenters. The Morgan fingerprint density at radius 1 is 1.12 bits per heavy atom. The van der Waals surface area contributed by atoms with Gasteiger partial charge in [-0.1, -0.05) is 12.1 Å². The molecule has 0 amide bonds. The van der Waals surface area contributed by atoms with E-state index in [-0.39, 0.29) is 11.4 Å². The fourth-order valence-corrected chi connectivity index (χ4v) is 3.57. The minimum absolute atomic E-state index is 0.0508. The van der Waals surface area contributed by atoms with Crippen molar-refractivity contribution in [1.82, 2.24) is 14.7 Å². The van der Waals surface area contributed by atoms with Crippen molar-refractivity contribution < 1.29 is 17.9 Å². The first kappa shape index (κ1) is 17.3. The summed E-state index contributed by atoms with van der Waals surface area (Å²) in [6, 6.07) is 9.30. The predicted octanol–water partition coefficient (Wildman–Crippen LogP) is 1.18. The van der Waals surface area contributed by atoms with E-state index in [1.54, 1.807) is 0 Å². The summed E-state index contributed by atoms with van der Waals surface area (Å²) < 4.78 is 40.2. The second kappa shape index (κ2) is 6.10. The van der Waals surface area contributed by atoms with E-state index in [9.17, 15) is 22.7 Å². The number of nitrogens with one attached hydrogen (secondary N) is 3. The van der Waals surface area contributed by atoms with Gasteiger partial charge in [-0.2, -0.15) is 0 Å². The highest BCUT2D eigenvalue weighted by molar-refractivity contribution is 7.89. The first-order chi connectivity index (χ1) is 11.7. The zero-order valence-corrected chi connectivity index (χ0v) is 14.0. The fraction of sp³-hybridized carbons (Fsp3) is 0.188. The van der Waals surface area contributed by atoms with Gasteiger partial charge in [-0.3, -0.25) is 0 Å². The Morgan fingerprint density at radius 2 is 1.76 bits per heavy atom. The van der Waals surface area contributed by atoms with Crippen molar-refractivity contribution in [3.05, 3.63) is 64.3 Å². The van der Waals surface area contributed by atoms with Gasteiger partial charge in [0.2, 0.25) is 10.0 Å². The zero-order valence-electron chi connectivity index (χ0n) is 13.2. The van der Waals surface area contributed by atoms with Crippen LogP contribution in [-0.2, 0) is 15.6 Å². The molecule has 3 aromatic rings. The number of fused-ring (bicyclic) bond motifs is 1. The Kier molecular flexibility index (Phi) is 4.23. The average Bonchev–Trinajstić information content (AvgIpc) is 2.93. The Bertz CT molecular complexity index is 1070. The Balaban J connectivity index is 1.82. The number of aromatic nitrogens is 2. The van der Waals surface area contributed by atoms with Crippen molar-refractivity contribution in [2.75, 3.05) is 6.54 Å². The van der Waals surface area contributed by atoms with E-state index in [0.29, 0.717) is 16.6 Å². The van der Waals surface area contributed by atoms with Gasteiger partial charge in [0.25, 0.3) is 0 Å². The van der Waals surface area contributed by atoms with Crippen LogP contribution in [0.5, 0.6) is 0 Å². The SMILES string of the molecule is CC(O)(CNS(=O)(=O)c1ccc2[nH]c(=O)[nH]c2c1)c1ccc(F)cc1. The van der Waals surface area contributed by atoms with Crippen molar-refractivity contribution in [1.29, 1.82) is 0 Å². The number of benzene rings is 2. The molecule has 0 saturated heterocycles. The molecule has 7 nitrogen and oxygen atoms in total. The topological polar surface area (TPSA) is 115 Å². The van der Waals surface area contributed by atoms with Gasteiger partial charge in [-0.25, -0.2) is 22.3 Å². The molecule has 0 aliphatic heterocycles. The highest BCUT2D eigenvalue weighted by atomic mass is 32.2. The van der Waals surface area contributed by atoms with Crippen molar-refractivity contribution in [3.8, 4) is 0 Å². The molecule has 1 heterocycles. The van der Waals surface area contributed by atoms with Crippen LogP contribution in [0.15, 0.2) is 52.2 Å². The standard InChI is InChI=1S/C16H16FN3O4S/c1-16(22,10-2-4-11(17)5-3-10)9-18-25(23,24)12-6-7-13-14(8-12)20-15(21)19-13/h2-8,18,22H,9H2,1H3,(H2,19,20,21). The summed E-state index contributed by atoms with van der Waals surface area (Å²) in [5.74, 6) is -0.450. The Morgan fingerprint density at radius 3 is 2.44 bits per heavy atom. The molecule has 9 heteroatoms. The lowest BCUT2D eigenvalue weighted by Gasteiger charge is -2.24. The smallest absolute Gasteiger partial charge is 0.323 e. The van der Waals surface area contributed by atoms with Crippen LogP contribution in [0.25, 0.3) is 11.0 Å². The number of sulfonamides is 1. The summed E-state index contributed by atoms with van der Waals surface area (Å²) in [7, 11) is -3.91. The van der Waals surface area contributed by atoms with Crippen LogP contribution < -0.4 is 10.4 Å². The number of H-pyrrole nitrogens is 2. The van der Waals surface area contributed by atoms with E-state index in [1.165, 1.54) is 49.4 Å². The number of hydrogen-bond donors (Lipinski definition) is 4. The molecular formula is C16H16FN3O4S. The number of halogens is 1. The van der Waals surface area contributed by atoms with Gasteiger partial charge >= 0.3 is 5.69 Å². The summed E-state index contributed by atoms with van der Waals surface area (Å²) in [4.78, 5) is 16.2. The number of aliphatic hydroxyl groups is 1. The molecule has 0 spiro atoms. The van der Waals surface area contributed by atoms with Crippen LogP contribution in [0.1, 0.15) is 12.5 Å². The minimum atomic E-state index is -3.91. The molecular weight excluding hydrogens is 349 g/mol. The van der Waals surface area contributed by atoms with Crippen LogP contribution in [0, 0.1) is 5.82 Å². The molecule has 1 atom stereocenters. The minimum Gasteiger partial charge on any atom is -0.384 e. The first-order valence-electron chi connectivity index (χ1n) is 7.37. The van der Waals surface area contributed by atoms with Gasteiger partial charge in [-0.05, 0) is 42.8 Å². The lowest BCUT2D eigenvalue weighted by atomic mass is 9.96. The molecule has 0 bridgehead atoms. The highest BCUT2D eigenvalue weighted by Crippen LogP contribution is 2.21. The molecule has 0 radical (unpaired) electrons. The van der Waals surface area contributed by atoms with Gasteiger partial charge in [-0.15, -0.1) is 0 Å². The van der Waals surface area contributed by atoms with E-state index >= 15 is 0 Å². The number of aromatic amines is 2.